The molecule has 0 aliphatic heterocycles. The Hall–Kier alpha value is -3.80. The number of rotatable bonds is 5. The van der Waals surface area contributed by atoms with Crippen molar-refractivity contribution in [3.05, 3.63) is 95.6 Å². The van der Waals surface area contributed by atoms with Crippen LogP contribution in [0.25, 0.3) is 11.5 Å². The topological polar surface area (TPSA) is 80.9 Å². The lowest BCUT2D eigenvalue weighted by atomic mass is 10.1. The van der Waals surface area contributed by atoms with Gasteiger partial charge in [-0.1, -0.05) is 47.6 Å². The Bertz CT molecular complexity index is 1090. The number of carbonyl (C=O) groups excluding carboxylic acids is 1. The minimum Gasteiger partial charge on any atom is -0.334 e. The summed E-state index contributed by atoms with van der Waals surface area (Å²) >= 11 is 0. The molecule has 0 fully saturated rings. The van der Waals surface area contributed by atoms with Gasteiger partial charge in [0.25, 0.3) is 11.8 Å². The van der Waals surface area contributed by atoms with Gasteiger partial charge in [0.05, 0.1) is 16.8 Å². The predicted molar refractivity (Wildman–Crippen MR) is 106 cm³/mol. The molecule has 6 nitrogen and oxygen atoms in total. The molecule has 4 rings (SSSR count). The van der Waals surface area contributed by atoms with Crippen LogP contribution in [0, 0.1) is 6.92 Å². The molecule has 0 spiro atoms. The van der Waals surface area contributed by atoms with Crippen LogP contribution >= 0.6 is 0 Å². The fourth-order valence-corrected chi connectivity index (χ4v) is 2.79. The highest BCUT2D eigenvalue weighted by molar-refractivity contribution is 6.05. The first-order valence-electron chi connectivity index (χ1n) is 8.89. The van der Waals surface area contributed by atoms with Crippen molar-refractivity contribution in [3.63, 3.8) is 0 Å². The smallest absolute Gasteiger partial charge is 0.260 e. The van der Waals surface area contributed by atoms with Gasteiger partial charge in [-0.2, -0.15) is 4.98 Å². The van der Waals surface area contributed by atoms with Gasteiger partial charge in [-0.15, -0.1) is 0 Å². The average Bonchev–Trinajstić information content (AvgIpc) is 3.18. The molecule has 4 aromatic rings. The number of hydrogen-bond donors (Lipinski definition) is 1. The first kappa shape index (κ1) is 17.6. The molecule has 2 heterocycles. The quantitative estimate of drug-likeness (QED) is 0.567. The van der Waals surface area contributed by atoms with Gasteiger partial charge in [0, 0.05) is 18.3 Å². The van der Waals surface area contributed by atoms with Crippen LogP contribution < -0.4 is 5.32 Å². The van der Waals surface area contributed by atoms with E-state index in [-0.39, 0.29) is 5.91 Å². The number of para-hydroxylation sites is 1. The van der Waals surface area contributed by atoms with Crippen LogP contribution in [0.1, 0.15) is 27.4 Å². The average molecular weight is 370 g/mol. The zero-order valence-corrected chi connectivity index (χ0v) is 15.3. The molecule has 1 amide bonds. The fraction of sp³-hybridized carbons (Fsp3) is 0.0909. The highest BCUT2D eigenvalue weighted by atomic mass is 16.5. The number of benzene rings is 2. The molecule has 0 bridgehead atoms. The van der Waals surface area contributed by atoms with Gasteiger partial charge in [-0.05, 0) is 36.8 Å². The Morgan fingerprint density at radius 2 is 1.79 bits per heavy atom. The highest BCUT2D eigenvalue weighted by Crippen LogP contribution is 2.27. The minimum absolute atomic E-state index is 0.246. The van der Waals surface area contributed by atoms with Gasteiger partial charge < -0.3 is 9.84 Å². The molecule has 0 saturated heterocycles. The first-order chi connectivity index (χ1) is 13.7. The van der Waals surface area contributed by atoms with Crippen LogP contribution in [0.3, 0.4) is 0 Å². The Balaban J connectivity index is 1.56. The van der Waals surface area contributed by atoms with Crippen molar-refractivity contribution in [1.29, 1.82) is 0 Å². The van der Waals surface area contributed by atoms with Crippen molar-refractivity contribution in [2.24, 2.45) is 0 Å². The van der Waals surface area contributed by atoms with E-state index in [9.17, 15) is 4.79 Å². The molecule has 0 saturated carbocycles. The molecule has 1 N–H and O–H groups in total. The number of carbonyl (C=O) groups is 1. The summed E-state index contributed by atoms with van der Waals surface area (Å²) in [7, 11) is 0. The Labute approximate surface area is 162 Å². The van der Waals surface area contributed by atoms with Gasteiger partial charge in [0.2, 0.25) is 0 Å². The predicted octanol–water partition coefficient (Wildman–Crippen LogP) is 4.28. The molecule has 0 radical (unpaired) electrons. The van der Waals surface area contributed by atoms with E-state index in [0.29, 0.717) is 35.0 Å². The third kappa shape index (κ3) is 3.96. The lowest BCUT2D eigenvalue weighted by Gasteiger charge is -2.08. The largest absolute Gasteiger partial charge is 0.334 e. The monoisotopic (exact) mass is 370 g/mol. The van der Waals surface area contributed by atoms with Crippen molar-refractivity contribution >= 4 is 11.6 Å². The summed E-state index contributed by atoms with van der Waals surface area (Å²) in [5.74, 6) is 0.706. The van der Waals surface area contributed by atoms with Crippen molar-refractivity contribution in [3.8, 4) is 11.5 Å². The molecule has 0 aliphatic rings. The van der Waals surface area contributed by atoms with Crippen LogP contribution in [-0.4, -0.2) is 21.0 Å². The van der Waals surface area contributed by atoms with Crippen molar-refractivity contribution in [2.45, 2.75) is 13.3 Å². The second-order valence-electron chi connectivity index (χ2n) is 6.37. The van der Waals surface area contributed by atoms with Gasteiger partial charge in [-0.3, -0.25) is 9.78 Å². The van der Waals surface area contributed by atoms with Crippen molar-refractivity contribution in [1.82, 2.24) is 15.1 Å². The van der Waals surface area contributed by atoms with Crippen LogP contribution in [0.15, 0.2) is 77.4 Å². The van der Waals surface area contributed by atoms with E-state index in [1.54, 1.807) is 24.4 Å². The van der Waals surface area contributed by atoms with Crippen LogP contribution in [0.4, 0.5) is 5.69 Å². The molecular weight excluding hydrogens is 352 g/mol. The number of nitrogens with zero attached hydrogens (tertiary/aromatic N) is 3. The molecule has 0 atom stereocenters. The van der Waals surface area contributed by atoms with Gasteiger partial charge in [0.1, 0.15) is 0 Å². The molecular formula is C22H18N4O2. The maximum absolute atomic E-state index is 12.5. The van der Waals surface area contributed by atoms with E-state index in [1.165, 1.54) is 0 Å². The molecule has 2 aromatic heterocycles. The summed E-state index contributed by atoms with van der Waals surface area (Å²) in [6, 6.07) is 20.8. The second kappa shape index (κ2) is 7.84. The summed E-state index contributed by atoms with van der Waals surface area (Å²) in [5, 5.41) is 6.96. The molecule has 0 aliphatic carbocycles. The fourth-order valence-electron chi connectivity index (χ4n) is 2.79. The van der Waals surface area contributed by atoms with Gasteiger partial charge in [-0.25, -0.2) is 0 Å². The number of aryl methyl sites for hydroxylation is 1. The standard InChI is InChI=1S/C22H18N4O2/c1-15-11-12-17(14-23-15)21(27)24-19-10-6-5-9-18(19)22-25-20(26-28-22)13-16-7-3-2-4-8-16/h2-12,14H,13H2,1H3,(H,24,27). The van der Waals surface area contributed by atoms with Crippen molar-refractivity contribution < 1.29 is 9.32 Å². The maximum Gasteiger partial charge on any atom is 0.260 e. The number of anilines is 1. The lowest BCUT2D eigenvalue weighted by molar-refractivity contribution is 0.102. The van der Waals surface area contributed by atoms with E-state index in [2.05, 4.69) is 20.4 Å². The first-order valence-corrected chi connectivity index (χ1v) is 8.89. The van der Waals surface area contributed by atoms with Crippen LogP contribution in [-0.2, 0) is 6.42 Å². The van der Waals surface area contributed by atoms with Crippen molar-refractivity contribution in [2.75, 3.05) is 5.32 Å². The third-order valence-corrected chi connectivity index (χ3v) is 4.25. The maximum atomic E-state index is 12.5. The number of amides is 1. The highest BCUT2D eigenvalue weighted by Gasteiger charge is 2.15. The lowest BCUT2D eigenvalue weighted by Crippen LogP contribution is -2.13. The summed E-state index contributed by atoms with van der Waals surface area (Å²) in [6.07, 6.45) is 2.13. The van der Waals surface area contributed by atoms with Crippen LogP contribution in [0.2, 0.25) is 0 Å². The second-order valence-corrected chi connectivity index (χ2v) is 6.37. The molecule has 0 unspecified atom stereocenters. The third-order valence-electron chi connectivity index (χ3n) is 4.25. The van der Waals surface area contributed by atoms with E-state index in [1.807, 2.05) is 55.5 Å². The molecule has 28 heavy (non-hydrogen) atoms. The minimum atomic E-state index is -0.246. The number of nitrogens with one attached hydrogen (secondary N) is 1. The SMILES string of the molecule is Cc1ccc(C(=O)Nc2ccccc2-c2nc(Cc3ccccc3)no2)cn1. The Morgan fingerprint density at radius 3 is 2.57 bits per heavy atom. The normalized spacial score (nSPS) is 10.6. The van der Waals surface area contributed by atoms with Gasteiger partial charge in [0.15, 0.2) is 5.82 Å². The summed E-state index contributed by atoms with van der Waals surface area (Å²) < 4.78 is 5.44. The molecule has 2 aromatic carbocycles. The Kier molecular flexibility index (Phi) is 4.93. The molecule has 6 heteroatoms. The van der Waals surface area contributed by atoms with Crippen LogP contribution in [0.5, 0.6) is 0 Å². The zero-order valence-electron chi connectivity index (χ0n) is 15.3. The zero-order chi connectivity index (χ0) is 19.3. The summed E-state index contributed by atoms with van der Waals surface area (Å²) in [4.78, 5) is 21.2. The van der Waals surface area contributed by atoms with E-state index >= 15 is 0 Å². The summed E-state index contributed by atoms with van der Waals surface area (Å²) in [6.45, 7) is 1.87. The van der Waals surface area contributed by atoms with Gasteiger partial charge >= 0.3 is 0 Å². The van der Waals surface area contributed by atoms with E-state index in [0.717, 1.165) is 11.3 Å². The van der Waals surface area contributed by atoms with E-state index < -0.39 is 0 Å². The number of aromatic nitrogens is 3. The summed E-state index contributed by atoms with van der Waals surface area (Å²) in [5.41, 5.74) is 3.71. The Morgan fingerprint density at radius 1 is 1.00 bits per heavy atom. The van der Waals surface area contributed by atoms with E-state index in [4.69, 9.17) is 4.52 Å². The number of pyridine rings is 1. The molecule has 138 valence electrons. The number of hydrogen-bond acceptors (Lipinski definition) is 5.